The van der Waals surface area contributed by atoms with E-state index in [-0.39, 0.29) is 27.9 Å². The van der Waals surface area contributed by atoms with Gasteiger partial charge in [-0.1, -0.05) is 60.5 Å². The molecule has 44 heavy (non-hydrogen) atoms. The summed E-state index contributed by atoms with van der Waals surface area (Å²) in [6.45, 7) is 4.02. The molecular formula is C32H27Cl2N3O6S. The molecular weight excluding hydrogens is 625 g/mol. The Kier molecular flexibility index (Phi) is 9.63. The van der Waals surface area contributed by atoms with Crippen molar-refractivity contribution in [2.45, 2.75) is 33.1 Å². The average Bonchev–Trinajstić information content (AvgIpc) is 3.34. The molecule has 0 saturated carbocycles. The third-order valence-corrected chi connectivity index (χ3v) is 8.79. The van der Waals surface area contributed by atoms with Crippen LogP contribution in [0.25, 0.3) is 10.8 Å². The summed E-state index contributed by atoms with van der Waals surface area (Å²) in [5.74, 6) is -2.71. The van der Waals surface area contributed by atoms with Gasteiger partial charge in [0.15, 0.2) is 0 Å². The van der Waals surface area contributed by atoms with E-state index < -0.39 is 23.8 Å². The summed E-state index contributed by atoms with van der Waals surface area (Å²) in [4.78, 5) is 52.3. The van der Waals surface area contributed by atoms with Gasteiger partial charge in [-0.05, 0) is 72.7 Å². The quantitative estimate of drug-likeness (QED) is 0.0743. The van der Waals surface area contributed by atoms with Crippen LogP contribution in [0.15, 0.2) is 59.7 Å². The fourth-order valence-corrected chi connectivity index (χ4v) is 6.81. The Bertz CT molecular complexity index is 1820. The lowest BCUT2D eigenvalue weighted by Crippen LogP contribution is -2.32. The third-order valence-electron chi connectivity index (χ3n) is 7.07. The maximum atomic E-state index is 12.9. The molecule has 1 heterocycles. The van der Waals surface area contributed by atoms with Crippen molar-refractivity contribution in [1.29, 1.82) is 0 Å². The lowest BCUT2D eigenvalue weighted by atomic mass is 9.88. The van der Waals surface area contributed by atoms with E-state index in [0.717, 1.165) is 28.7 Å². The number of nitrogens with zero attached hydrogens (tertiary/aromatic N) is 1. The van der Waals surface area contributed by atoms with Gasteiger partial charge in [-0.25, -0.2) is 15.0 Å². The van der Waals surface area contributed by atoms with Crippen LogP contribution in [0.1, 0.15) is 57.0 Å². The second-order valence-electron chi connectivity index (χ2n) is 10.1. The van der Waals surface area contributed by atoms with E-state index in [9.17, 15) is 19.2 Å². The Labute approximate surface area is 267 Å². The number of anilines is 1. The predicted molar refractivity (Wildman–Crippen MR) is 171 cm³/mol. The molecule has 1 atom stereocenters. The molecule has 4 aromatic rings. The second kappa shape index (κ2) is 13.6. The maximum Gasteiger partial charge on any atom is 0.345 e. The number of carbonyl (C=O) groups excluding carboxylic acids is 4. The third kappa shape index (κ3) is 6.77. The summed E-state index contributed by atoms with van der Waals surface area (Å²) in [6.07, 6.45) is 3.67. The van der Waals surface area contributed by atoms with E-state index in [1.165, 1.54) is 35.8 Å². The molecule has 2 amide bonds. The molecule has 1 aliphatic carbocycles. The highest BCUT2D eigenvalue weighted by atomic mass is 35.5. The molecule has 0 fully saturated rings. The maximum absolute atomic E-state index is 12.9. The number of rotatable bonds is 7. The highest BCUT2D eigenvalue weighted by molar-refractivity contribution is 7.17. The zero-order valence-electron chi connectivity index (χ0n) is 23.7. The van der Waals surface area contributed by atoms with Crippen molar-refractivity contribution in [3.8, 4) is 5.75 Å². The molecule has 0 aliphatic heterocycles. The van der Waals surface area contributed by atoms with Crippen LogP contribution in [0.5, 0.6) is 5.75 Å². The van der Waals surface area contributed by atoms with Crippen LogP contribution in [0, 0.1) is 5.92 Å². The SMILES string of the molecule is CCOC(=O)c1c(NC(=O)C(=O)N/N=C/c2c(OC(=O)c3ccc(Cl)cc3Cl)ccc3ccccc23)sc2c1CCC(C)C2. The Morgan fingerprint density at radius 1 is 1.05 bits per heavy atom. The molecule has 2 N–H and O–H groups in total. The van der Waals surface area contributed by atoms with Crippen molar-refractivity contribution in [3.63, 3.8) is 0 Å². The minimum atomic E-state index is -1.05. The van der Waals surface area contributed by atoms with Gasteiger partial charge in [0.2, 0.25) is 0 Å². The number of halogens is 2. The summed E-state index contributed by atoms with van der Waals surface area (Å²) in [5.41, 5.74) is 3.87. The molecule has 0 saturated heterocycles. The van der Waals surface area contributed by atoms with Crippen LogP contribution in [0.2, 0.25) is 10.0 Å². The molecule has 0 spiro atoms. The van der Waals surface area contributed by atoms with E-state index in [1.807, 2.05) is 12.1 Å². The standard InChI is InChI=1S/C32H27Cl2N3O6S/c1-3-42-32(41)27-22-11-8-17(2)14-26(22)44-30(27)36-28(38)29(39)37-35-16-23-20-7-5-4-6-18(20)9-13-25(23)43-31(40)21-12-10-19(33)15-24(21)34/h4-7,9-10,12-13,15-17H,3,8,11,14H2,1-2H3,(H,36,38)(H,37,39)/b35-16+. The van der Waals surface area contributed by atoms with Crippen molar-refractivity contribution in [2.24, 2.45) is 11.0 Å². The number of ether oxygens (including phenoxy) is 2. The lowest BCUT2D eigenvalue weighted by molar-refractivity contribution is -0.136. The normalized spacial score (nSPS) is 14.2. The zero-order valence-corrected chi connectivity index (χ0v) is 26.1. The first kappa shape index (κ1) is 31.2. The first-order chi connectivity index (χ1) is 21.2. The number of hydrazone groups is 1. The van der Waals surface area contributed by atoms with Crippen molar-refractivity contribution >= 4 is 80.3 Å². The van der Waals surface area contributed by atoms with Crippen LogP contribution in [-0.2, 0) is 27.2 Å². The highest BCUT2D eigenvalue weighted by Crippen LogP contribution is 2.40. The van der Waals surface area contributed by atoms with Crippen molar-refractivity contribution in [3.05, 3.63) is 91.8 Å². The van der Waals surface area contributed by atoms with E-state index in [2.05, 4.69) is 22.8 Å². The molecule has 9 nitrogen and oxygen atoms in total. The van der Waals surface area contributed by atoms with Gasteiger partial charge in [0.1, 0.15) is 10.8 Å². The minimum absolute atomic E-state index is 0.115. The Hall–Kier alpha value is -4.25. The smallest absolute Gasteiger partial charge is 0.345 e. The molecule has 12 heteroatoms. The summed E-state index contributed by atoms with van der Waals surface area (Å²) >= 11 is 13.4. The number of nitrogens with one attached hydrogen (secondary N) is 2. The molecule has 1 unspecified atom stereocenters. The molecule has 1 aliphatic rings. The number of esters is 2. The summed E-state index contributed by atoms with van der Waals surface area (Å²) in [7, 11) is 0. The fraction of sp³-hybridized carbons (Fsp3) is 0.219. The van der Waals surface area contributed by atoms with Gasteiger partial charge < -0.3 is 14.8 Å². The Morgan fingerprint density at radius 3 is 2.61 bits per heavy atom. The van der Waals surface area contributed by atoms with Crippen LogP contribution in [-0.4, -0.2) is 36.6 Å². The van der Waals surface area contributed by atoms with Gasteiger partial charge in [-0.2, -0.15) is 5.10 Å². The number of carbonyl (C=O) groups is 4. The molecule has 5 rings (SSSR count). The van der Waals surface area contributed by atoms with Crippen LogP contribution >= 0.6 is 34.5 Å². The van der Waals surface area contributed by atoms with Crippen LogP contribution in [0.3, 0.4) is 0 Å². The van der Waals surface area contributed by atoms with Crippen LogP contribution < -0.4 is 15.5 Å². The number of hydrogen-bond donors (Lipinski definition) is 2. The van der Waals surface area contributed by atoms with Gasteiger partial charge in [-0.15, -0.1) is 11.3 Å². The number of amides is 2. The molecule has 3 aromatic carbocycles. The molecule has 0 radical (unpaired) electrons. The number of thiophene rings is 1. The topological polar surface area (TPSA) is 123 Å². The van der Waals surface area contributed by atoms with E-state index in [4.69, 9.17) is 32.7 Å². The zero-order chi connectivity index (χ0) is 31.4. The summed E-state index contributed by atoms with van der Waals surface area (Å²) in [5, 5.41) is 8.82. The van der Waals surface area contributed by atoms with Crippen molar-refractivity contribution in [1.82, 2.24) is 5.43 Å². The largest absolute Gasteiger partial charge is 0.462 e. The molecule has 0 bridgehead atoms. The van der Waals surface area contributed by atoms with Gasteiger partial charge in [0.25, 0.3) is 0 Å². The number of fused-ring (bicyclic) bond motifs is 2. The minimum Gasteiger partial charge on any atom is -0.462 e. The highest BCUT2D eigenvalue weighted by Gasteiger charge is 2.30. The predicted octanol–water partition coefficient (Wildman–Crippen LogP) is 6.82. The van der Waals surface area contributed by atoms with Crippen LogP contribution in [0.4, 0.5) is 5.00 Å². The van der Waals surface area contributed by atoms with Gasteiger partial charge in [0.05, 0.1) is 29.0 Å². The first-order valence-electron chi connectivity index (χ1n) is 13.8. The van der Waals surface area contributed by atoms with E-state index in [0.29, 0.717) is 33.9 Å². The number of benzene rings is 3. The monoisotopic (exact) mass is 651 g/mol. The first-order valence-corrected chi connectivity index (χ1v) is 15.4. The van der Waals surface area contributed by atoms with Crippen molar-refractivity contribution < 1.29 is 28.7 Å². The van der Waals surface area contributed by atoms with E-state index in [1.54, 1.807) is 31.2 Å². The fourth-order valence-electron chi connectivity index (χ4n) is 4.93. The van der Waals surface area contributed by atoms with Crippen molar-refractivity contribution in [2.75, 3.05) is 11.9 Å². The second-order valence-corrected chi connectivity index (χ2v) is 12.1. The average molecular weight is 653 g/mol. The van der Waals surface area contributed by atoms with Gasteiger partial charge in [0, 0.05) is 15.5 Å². The van der Waals surface area contributed by atoms with Gasteiger partial charge in [-0.3, -0.25) is 9.59 Å². The lowest BCUT2D eigenvalue weighted by Gasteiger charge is -2.18. The Balaban J connectivity index is 1.35. The summed E-state index contributed by atoms with van der Waals surface area (Å²) in [6, 6.07) is 15.1. The van der Waals surface area contributed by atoms with E-state index >= 15 is 0 Å². The van der Waals surface area contributed by atoms with Gasteiger partial charge >= 0.3 is 23.8 Å². The summed E-state index contributed by atoms with van der Waals surface area (Å²) < 4.78 is 10.9. The molecule has 1 aromatic heterocycles. The number of hydrogen-bond acceptors (Lipinski definition) is 8. The molecule has 226 valence electrons. The Morgan fingerprint density at radius 2 is 1.84 bits per heavy atom.